The molecule has 1 N–H and O–H groups in total. The number of aromatic nitrogens is 1. The summed E-state index contributed by atoms with van der Waals surface area (Å²) < 4.78 is 27.1. The highest BCUT2D eigenvalue weighted by atomic mass is 32.2. The van der Waals surface area contributed by atoms with Gasteiger partial charge in [-0.15, -0.1) is 0 Å². The summed E-state index contributed by atoms with van der Waals surface area (Å²) in [6, 6.07) is 12.3. The molecule has 0 radical (unpaired) electrons. The van der Waals surface area contributed by atoms with Crippen LogP contribution in [0.15, 0.2) is 53.6 Å². The molecule has 2 aromatic rings. The minimum atomic E-state index is -3.65. The Kier molecular flexibility index (Phi) is 4.73. The van der Waals surface area contributed by atoms with Gasteiger partial charge < -0.3 is 10.0 Å². The molecule has 1 aromatic heterocycles. The molecule has 0 unspecified atom stereocenters. The Morgan fingerprint density at radius 1 is 1.25 bits per heavy atom. The summed E-state index contributed by atoms with van der Waals surface area (Å²) in [7, 11) is -3.65. The highest BCUT2D eigenvalue weighted by Crippen LogP contribution is 2.25. The fourth-order valence-electron chi connectivity index (χ4n) is 2.87. The standard InChI is InChI=1S/C17H21N3O3S/c1-2-20(14-6-4-3-5-7-14)24(22,23)16-8-9-17(18-12-16)19-11-10-15(21)13-19/h3-9,12,15,21H,2,10-11,13H2,1H3/t15-/m1/s1. The normalized spacial score (nSPS) is 17.9. The molecule has 0 amide bonds. The lowest BCUT2D eigenvalue weighted by Gasteiger charge is -2.23. The first-order valence-electron chi connectivity index (χ1n) is 7.99. The molecular weight excluding hydrogens is 326 g/mol. The van der Waals surface area contributed by atoms with Crippen molar-refractivity contribution in [2.24, 2.45) is 0 Å². The summed E-state index contributed by atoms with van der Waals surface area (Å²) in [5.41, 5.74) is 0.631. The number of benzene rings is 1. The van der Waals surface area contributed by atoms with Gasteiger partial charge in [-0.25, -0.2) is 13.4 Å². The summed E-state index contributed by atoms with van der Waals surface area (Å²) >= 11 is 0. The van der Waals surface area contributed by atoms with Crippen molar-refractivity contribution in [2.75, 3.05) is 28.8 Å². The van der Waals surface area contributed by atoms with Crippen LogP contribution in [0, 0.1) is 0 Å². The first-order valence-corrected chi connectivity index (χ1v) is 9.43. The molecular formula is C17H21N3O3S. The lowest BCUT2D eigenvalue weighted by molar-refractivity contribution is 0.198. The number of anilines is 2. The number of aliphatic hydroxyl groups excluding tert-OH is 1. The number of aliphatic hydroxyl groups is 1. The van der Waals surface area contributed by atoms with Crippen molar-refractivity contribution in [3.63, 3.8) is 0 Å². The van der Waals surface area contributed by atoms with Gasteiger partial charge in [-0.2, -0.15) is 0 Å². The summed E-state index contributed by atoms with van der Waals surface area (Å²) in [4.78, 5) is 6.40. The molecule has 0 saturated carbocycles. The molecule has 1 aromatic carbocycles. The summed E-state index contributed by atoms with van der Waals surface area (Å²) in [6.45, 7) is 3.40. The molecule has 0 aliphatic carbocycles. The van der Waals surface area contributed by atoms with E-state index in [0.717, 1.165) is 6.54 Å². The molecule has 1 aliphatic heterocycles. The number of rotatable bonds is 5. The van der Waals surface area contributed by atoms with Crippen molar-refractivity contribution >= 4 is 21.5 Å². The quantitative estimate of drug-likeness (QED) is 0.894. The van der Waals surface area contributed by atoms with Crippen LogP contribution < -0.4 is 9.21 Å². The van der Waals surface area contributed by atoms with E-state index in [2.05, 4.69) is 4.98 Å². The van der Waals surface area contributed by atoms with Gasteiger partial charge in [-0.3, -0.25) is 4.31 Å². The van der Waals surface area contributed by atoms with E-state index < -0.39 is 10.0 Å². The van der Waals surface area contributed by atoms with Gasteiger partial charge in [0, 0.05) is 25.8 Å². The molecule has 0 bridgehead atoms. The SMILES string of the molecule is CCN(c1ccccc1)S(=O)(=O)c1ccc(N2CC[C@@H](O)C2)nc1. The molecule has 1 atom stereocenters. The second-order valence-corrected chi connectivity index (χ2v) is 7.61. The van der Waals surface area contributed by atoms with Gasteiger partial charge in [-0.1, -0.05) is 18.2 Å². The molecule has 1 aliphatic rings. The van der Waals surface area contributed by atoms with Crippen LogP contribution in [0.4, 0.5) is 11.5 Å². The zero-order chi connectivity index (χ0) is 17.2. The second-order valence-electron chi connectivity index (χ2n) is 5.75. The minimum absolute atomic E-state index is 0.164. The van der Waals surface area contributed by atoms with E-state index >= 15 is 0 Å². The Labute approximate surface area is 142 Å². The van der Waals surface area contributed by atoms with Gasteiger partial charge in [-0.05, 0) is 37.6 Å². The van der Waals surface area contributed by atoms with Gasteiger partial charge in [0.15, 0.2) is 0 Å². The van der Waals surface area contributed by atoms with Crippen molar-refractivity contribution in [1.82, 2.24) is 4.98 Å². The molecule has 6 nitrogen and oxygen atoms in total. The molecule has 2 heterocycles. The van der Waals surface area contributed by atoms with Crippen molar-refractivity contribution in [2.45, 2.75) is 24.3 Å². The lowest BCUT2D eigenvalue weighted by Crippen LogP contribution is -2.31. The zero-order valence-electron chi connectivity index (χ0n) is 13.5. The number of β-amino-alcohol motifs (C(OH)–C–C–N with tert-alkyl or cyclic N) is 1. The van der Waals surface area contributed by atoms with Crippen LogP contribution in [-0.2, 0) is 10.0 Å². The third-order valence-electron chi connectivity index (χ3n) is 4.13. The van der Waals surface area contributed by atoms with E-state index in [9.17, 15) is 13.5 Å². The Hall–Kier alpha value is -2.12. The molecule has 7 heteroatoms. The minimum Gasteiger partial charge on any atom is -0.391 e. The third-order valence-corrected chi connectivity index (χ3v) is 6.01. The average Bonchev–Trinajstić information content (AvgIpc) is 3.03. The second kappa shape index (κ2) is 6.78. The Balaban J connectivity index is 1.86. The zero-order valence-corrected chi connectivity index (χ0v) is 14.4. The van der Waals surface area contributed by atoms with Crippen molar-refractivity contribution in [3.05, 3.63) is 48.7 Å². The van der Waals surface area contributed by atoms with Crippen LogP contribution in [0.5, 0.6) is 0 Å². The number of hydrogen-bond donors (Lipinski definition) is 1. The predicted molar refractivity (Wildman–Crippen MR) is 93.7 cm³/mol. The van der Waals surface area contributed by atoms with Crippen LogP contribution in [0.2, 0.25) is 0 Å². The Morgan fingerprint density at radius 3 is 2.54 bits per heavy atom. The van der Waals surface area contributed by atoms with E-state index in [-0.39, 0.29) is 11.0 Å². The van der Waals surface area contributed by atoms with Crippen LogP contribution in [0.3, 0.4) is 0 Å². The van der Waals surface area contributed by atoms with Gasteiger partial charge >= 0.3 is 0 Å². The fourth-order valence-corrected chi connectivity index (χ4v) is 4.29. The van der Waals surface area contributed by atoms with Crippen molar-refractivity contribution in [1.29, 1.82) is 0 Å². The van der Waals surface area contributed by atoms with Crippen molar-refractivity contribution in [3.8, 4) is 0 Å². The maximum Gasteiger partial charge on any atom is 0.265 e. The Morgan fingerprint density at radius 2 is 2.00 bits per heavy atom. The topological polar surface area (TPSA) is 73.7 Å². The first-order chi connectivity index (χ1) is 11.5. The number of pyridine rings is 1. The average molecular weight is 347 g/mol. The van der Waals surface area contributed by atoms with E-state index in [1.54, 1.807) is 31.2 Å². The van der Waals surface area contributed by atoms with Gasteiger partial charge in [0.05, 0.1) is 11.8 Å². The molecule has 128 valence electrons. The van der Waals surface area contributed by atoms with Crippen LogP contribution in [0.25, 0.3) is 0 Å². The molecule has 24 heavy (non-hydrogen) atoms. The molecule has 0 spiro atoms. The van der Waals surface area contributed by atoms with E-state index in [1.807, 2.05) is 23.1 Å². The van der Waals surface area contributed by atoms with Crippen LogP contribution >= 0.6 is 0 Å². The van der Waals surface area contributed by atoms with Crippen molar-refractivity contribution < 1.29 is 13.5 Å². The van der Waals surface area contributed by atoms with Gasteiger partial charge in [0.2, 0.25) is 0 Å². The summed E-state index contributed by atoms with van der Waals surface area (Å²) in [5.74, 6) is 0.688. The molecule has 1 saturated heterocycles. The Bertz CT molecular complexity index is 778. The van der Waals surface area contributed by atoms with E-state index in [4.69, 9.17) is 0 Å². The fraction of sp³-hybridized carbons (Fsp3) is 0.353. The maximum atomic E-state index is 12.9. The lowest BCUT2D eigenvalue weighted by atomic mass is 10.3. The first kappa shape index (κ1) is 16.7. The maximum absolute atomic E-state index is 12.9. The monoisotopic (exact) mass is 347 g/mol. The number of nitrogens with zero attached hydrogens (tertiary/aromatic N) is 3. The van der Waals surface area contributed by atoms with Gasteiger partial charge in [0.25, 0.3) is 10.0 Å². The third kappa shape index (κ3) is 3.22. The number of hydrogen-bond acceptors (Lipinski definition) is 5. The van der Waals surface area contributed by atoms with E-state index in [1.165, 1.54) is 10.5 Å². The highest BCUT2D eigenvalue weighted by Gasteiger charge is 2.25. The van der Waals surface area contributed by atoms with E-state index in [0.29, 0.717) is 31.0 Å². The van der Waals surface area contributed by atoms with Crippen LogP contribution in [-0.4, -0.2) is 44.2 Å². The predicted octanol–water partition coefficient (Wildman–Crippen LogP) is 1.87. The summed E-state index contributed by atoms with van der Waals surface area (Å²) in [6.07, 6.45) is 1.75. The summed E-state index contributed by atoms with van der Waals surface area (Å²) in [5, 5.41) is 9.60. The smallest absolute Gasteiger partial charge is 0.265 e. The number of sulfonamides is 1. The van der Waals surface area contributed by atoms with Crippen LogP contribution in [0.1, 0.15) is 13.3 Å². The largest absolute Gasteiger partial charge is 0.391 e. The molecule has 3 rings (SSSR count). The number of para-hydroxylation sites is 1. The molecule has 1 fully saturated rings. The highest BCUT2D eigenvalue weighted by molar-refractivity contribution is 7.92. The van der Waals surface area contributed by atoms with Gasteiger partial charge in [0.1, 0.15) is 10.7 Å².